The number of Topliss-reactive ketones (excluding diaryl/α,β-unsaturated/α-hetero) is 1. The van der Waals surface area contributed by atoms with Gasteiger partial charge in [-0.15, -0.1) is 0 Å². The molecule has 0 amide bonds. The van der Waals surface area contributed by atoms with E-state index in [1.165, 1.54) is 37.3 Å². The maximum atomic E-state index is 14.5. The predicted molar refractivity (Wildman–Crippen MR) is 166 cm³/mol. The molecule has 0 saturated heterocycles. The molecule has 2 aromatic carbocycles. The van der Waals surface area contributed by atoms with Crippen LogP contribution in [0.15, 0.2) is 46.9 Å². The van der Waals surface area contributed by atoms with Crippen molar-refractivity contribution < 1.29 is 55.2 Å². The van der Waals surface area contributed by atoms with E-state index >= 15 is 0 Å². The normalized spacial score (nSPS) is 12.1. The van der Waals surface area contributed by atoms with E-state index in [4.69, 9.17) is 38.9 Å². The third kappa shape index (κ3) is 16.1. The first-order valence-corrected chi connectivity index (χ1v) is 16.2. The fourth-order valence-corrected chi connectivity index (χ4v) is 4.55. The summed E-state index contributed by atoms with van der Waals surface area (Å²) in [6, 6.07) is 7.15. The van der Waals surface area contributed by atoms with E-state index in [2.05, 4.69) is 4.72 Å². The average molecular weight is 675 g/mol. The zero-order valence-electron chi connectivity index (χ0n) is 26.3. The van der Waals surface area contributed by atoms with Gasteiger partial charge in [0.25, 0.3) is 0 Å². The van der Waals surface area contributed by atoms with E-state index in [1.54, 1.807) is 6.92 Å². The Morgan fingerprint density at radius 2 is 1.17 bits per heavy atom. The summed E-state index contributed by atoms with van der Waals surface area (Å²) in [5, 5.41) is 0. The van der Waals surface area contributed by atoms with Crippen molar-refractivity contribution >= 4 is 21.9 Å². The molecule has 0 radical (unpaired) electrons. The third-order valence-electron chi connectivity index (χ3n) is 5.97. The third-order valence-corrected chi connectivity index (χ3v) is 7.45. The standard InChI is InChI=1S/C31H44F2N2O10S/c1-24(25(2)36)21-26-22-29(32)31(30(33)23-26)45-27-3-5-28(6-4-27)46(37,38)35-8-10-40-12-14-42-16-18-44-20-19-43-17-15-41-13-11-39-9-7-34/h3-6,21-23,35H,7-20,34H2,1-2H3/b24-21+. The molecule has 0 heterocycles. The van der Waals surface area contributed by atoms with Crippen LogP contribution in [0.4, 0.5) is 8.78 Å². The monoisotopic (exact) mass is 674 g/mol. The lowest BCUT2D eigenvalue weighted by atomic mass is 10.1. The molecule has 0 aliphatic heterocycles. The van der Waals surface area contributed by atoms with Crippen LogP contribution in [0.25, 0.3) is 6.08 Å². The maximum absolute atomic E-state index is 14.5. The SMILES string of the molecule is CC(=O)/C(C)=C/c1cc(F)c(Oc2ccc(S(=O)(=O)NCCOCCOCCOCCOCCOCCOCCN)cc2)c(F)c1. The Kier molecular flexibility index (Phi) is 19.3. The van der Waals surface area contributed by atoms with Crippen LogP contribution in [0.5, 0.6) is 11.5 Å². The number of benzene rings is 2. The van der Waals surface area contributed by atoms with Crippen LogP contribution in [0, 0.1) is 11.6 Å². The topological polar surface area (TPSA) is 154 Å². The van der Waals surface area contributed by atoms with Gasteiger partial charge < -0.3 is 38.9 Å². The number of nitrogens with two attached hydrogens (primary N) is 1. The minimum absolute atomic E-state index is 0.0249. The fourth-order valence-electron chi connectivity index (χ4n) is 3.53. The number of nitrogens with one attached hydrogen (secondary N) is 1. The fraction of sp³-hybridized carbons (Fsp3) is 0.516. The Bertz CT molecular complexity index is 1290. The zero-order chi connectivity index (χ0) is 33.6. The average Bonchev–Trinajstić information content (AvgIpc) is 3.02. The van der Waals surface area contributed by atoms with Gasteiger partial charge in [0.15, 0.2) is 23.2 Å². The first-order chi connectivity index (χ1) is 22.1. The van der Waals surface area contributed by atoms with Crippen molar-refractivity contribution in [1.82, 2.24) is 4.72 Å². The summed E-state index contributed by atoms with van der Waals surface area (Å²) in [7, 11) is -3.86. The van der Waals surface area contributed by atoms with Crippen LogP contribution < -0.4 is 15.2 Å². The van der Waals surface area contributed by atoms with Gasteiger partial charge in [0.2, 0.25) is 10.0 Å². The summed E-state index contributed by atoms with van der Waals surface area (Å²) in [6.07, 6.45) is 1.37. The van der Waals surface area contributed by atoms with Gasteiger partial charge in [-0.25, -0.2) is 21.9 Å². The van der Waals surface area contributed by atoms with Crippen molar-refractivity contribution in [2.24, 2.45) is 5.73 Å². The molecule has 0 spiro atoms. The minimum Gasteiger partial charge on any atom is -0.451 e. The Morgan fingerprint density at radius 1 is 0.739 bits per heavy atom. The van der Waals surface area contributed by atoms with E-state index in [1.807, 2.05) is 0 Å². The Morgan fingerprint density at radius 3 is 1.61 bits per heavy atom. The molecule has 0 aliphatic carbocycles. The Labute approximate surface area is 269 Å². The molecule has 0 fully saturated rings. The van der Waals surface area contributed by atoms with Crippen LogP contribution in [-0.4, -0.2) is 107 Å². The molecule has 0 aliphatic rings. The van der Waals surface area contributed by atoms with Crippen molar-refractivity contribution in [3.63, 3.8) is 0 Å². The summed E-state index contributed by atoms with van der Waals surface area (Å²) in [5.74, 6) is -2.78. The number of rotatable bonds is 26. The number of ketones is 1. The smallest absolute Gasteiger partial charge is 0.240 e. The number of sulfonamides is 1. The summed E-state index contributed by atoms with van der Waals surface area (Å²) in [4.78, 5) is 11.3. The highest BCUT2D eigenvalue weighted by molar-refractivity contribution is 7.89. The molecule has 3 N–H and O–H groups in total. The number of carbonyl (C=O) groups is 1. The van der Waals surface area contributed by atoms with Crippen molar-refractivity contribution in [3.05, 3.63) is 59.2 Å². The van der Waals surface area contributed by atoms with Gasteiger partial charge in [-0.05, 0) is 67.5 Å². The highest BCUT2D eigenvalue weighted by Gasteiger charge is 2.16. The quantitative estimate of drug-likeness (QED) is 0.112. The highest BCUT2D eigenvalue weighted by atomic mass is 32.2. The van der Waals surface area contributed by atoms with Crippen LogP contribution in [0.3, 0.4) is 0 Å². The number of allylic oxidation sites excluding steroid dienone is 1. The molecule has 46 heavy (non-hydrogen) atoms. The molecule has 0 saturated carbocycles. The highest BCUT2D eigenvalue weighted by Crippen LogP contribution is 2.30. The second-order valence-electron chi connectivity index (χ2n) is 9.63. The first kappa shape index (κ1) is 39.3. The summed E-state index contributed by atoms with van der Waals surface area (Å²) in [6.45, 7) is 8.26. The molecule has 0 unspecified atom stereocenters. The summed E-state index contributed by atoms with van der Waals surface area (Å²) < 4.78 is 94.0. The lowest BCUT2D eigenvalue weighted by Gasteiger charge is -2.11. The number of carbonyl (C=O) groups excluding carboxylic acids is 1. The molecule has 258 valence electrons. The first-order valence-electron chi connectivity index (χ1n) is 14.8. The van der Waals surface area contributed by atoms with Crippen molar-refractivity contribution in [2.45, 2.75) is 18.7 Å². The van der Waals surface area contributed by atoms with Gasteiger partial charge in [0.1, 0.15) is 5.75 Å². The number of halogens is 2. The van der Waals surface area contributed by atoms with Gasteiger partial charge in [-0.2, -0.15) is 0 Å². The van der Waals surface area contributed by atoms with Gasteiger partial charge in [-0.1, -0.05) is 0 Å². The van der Waals surface area contributed by atoms with Crippen LogP contribution in [-0.2, 0) is 43.2 Å². The Hall–Kier alpha value is -2.86. The molecular weight excluding hydrogens is 630 g/mol. The van der Waals surface area contributed by atoms with Crippen molar-refractivity contribution in [2.75, 3.05) is 92.4 Å². The second-order valence-corrected chi connectivity index (χ2v) is 11.4. The number of hydrogen-bond acceptors (Lipinski definition) is 11. The lowest BCUT2D eigenvalue weighted by Crippen LogP contribution is -2.27. The van der Waals surface area contributed by atoms with Gasteiger partial charge in [0, 0.05) is 13.1 Å². The number of ether oxygens (including phenoxy) is 7. The second kappa shape index (κ2) is 22.6. The van der Waals surface area contributed by atoms with E-state index in [0.717, 1.165) is 12.1 Å². The van der Waals surface area contributed by atoms with E-state index in [-0.39, 0.29) is 41.8 Å². The van der Waals surface area contributed by atoms with Crippen LogP contribution in [0.2, 0.25) is 0 Å². The summed E-state index contributed by atoms with van der Waals surface area (Å²) in [5.41, 5.74) is 5.83. The van der Waals surface area contributed by atoms with Crippen molar-refractivity contribution in [3.8, 4) is 11.5 Å². The Balaban J connectivity index is 1.55. The van der Waals surface area contributed by atoms with Crippen LogP contribution >= 0.6 is 0 Å². The number of hydrogen-bond donors (Lipinski definition) is 2. The largest absolute Gasteiger partial charge is 0.451 e. The lowest BCUT2D eigenvalue weighted by molar-refractivity contribution is -0.113. The summed E-state index contributed by atoms with van der Waals surface area (Å²) >= 11 is 0. The van der Waals surface area contributed by atoms with Crippen molar-refractivity contribution in [1.29, 1.82) is 0 Å². The molecular formula is C31H44F2N2O10S. The van der Waals surface area contributed by atoms with Gasteiger partial charge in [0.05, 0.1) is 84.2 Å². The maximum Gasteiger partial charge on any atom is 0.240 e. The van der Waals surface area contributed by atoms with Gasteiger partial charge >= 0.3 is 0 Å². The van der Waals surface area contributed by atoms with E-state index in [0.29, 0.717) is 78.2 Å². The van der Waals surface area contributed by atoms with Crippen LogP contribution in [0.1, 0.15) is 19.4 Å². The van der Waals surface area contributed by atoms with E-state index in [9.17, 15) is 22.0 Å². The zero-order valence-corrected chi connectivity index (χ0v) is 27.1. The minimum atomic E-state index is -3.86. The molecule has 0 aromatic heterocycles. The molecule has 2 rings (SSSR count). The predicted octanol–water partition coefficient (Wildman–Crippen LogP) is 3.09. The molecule has 2 aromatic rings. The molecule has 0 atom stereocenters. The molecule has 0 bridgehead atoms. The molecule has 12 nitrogen and oxygen atoms in total. The van der Waals surface area contributed by atoms with Gasteiger partial charge in [-0.3, -0.25) is 4.79 Å². The van der Waals surface area contributed by atoms with E-state index < -0.39 is 27.4 Å². The molecule has 15 heteroatoms.